The number of carbonyl (C=O) groups is 1. The Bertz CT molecular complexity index is 1320. The zero-order chi connectivity index (χ0) is 21.3. The van der Waals surface area contributed by atoms with Gasteiger partial charge in [-0.25, -0.2) is 8.42 Å². The smallest absolute Gasteiger partial charge is 0.316 e. The number of amides is 1. The zero-order valence-electron chi connectivity index (χ0n) is 15.7. The van der Waals surface area contributed by atoms with E-state index in [0.29, 0.717) is 21.7 Å². The predicted molar refractivity (Wildman–Crippen MR) is 111 cm³/mol. The first-order chi connectivity index (χ1) is 13.6. The maximum absolute atomic E-state index is 12.7. The fourth-order valence-electron chi connectivity index (χ4n) is 2.86. The number of carbonyl (C=O) groups excluding carboxylic acids is 1. The van der Waals surface area contributed by atoms with Gasteiger partial charge >= 0.3 is 11.1 Å². The van der Waals surface area contributed by atoms with Gasteiger partial charge in [-0.1, -0.05) is 11.6 Å². The van der Waals surface area contributed by atoms with E-state index in [9.17, 15) is 22.8 Å². The number of sulfone groups is 1. The highest BCUT2D eigenvalue weighted by atomic mass is 35.5. The van der Waals surface area contributed by atoms with E-state index < -0.39 is 32.6 Å². The van der Waals surface area contributed by atoms with Crippen molar-refractivity contribution >= 4 is 44.1 Å². The third-order valence-electron chi connectivity index (χ3n) is 4.55. The number of anilines is 1. The molecule has 29 heavy (non-hydrogen) atoms. The molecule has 0 spiro atoms. The van der Waals surface area contributed by atoms with Gasteiger partial charge in [0, 0.05) is 31.2 Å². The second kappa shape index (κ2) is 7.84. The molecule has 1 heterocycles. The van der Waals surface area contributed by atoms with Crippen molar-refractivity contribution in [3.05, 3.63) is 68.2 Å². The summed E-state index contributed by atoms with van der Waals surface area (Å²) in [5.41, 5.74) is -0.204. The lowest BCUT2D eigenvalue weighted by Gasteiger charge is -2.11. The zero-order valence-corrected chi connectivity index (χ0v) is 17.2. The lowest BCUT2D eigenvalue weighted by Crippen LogP contribution is -2.39. The molecule has 0 fully saturated rings. The van der Waals surface area contributed by atoms with E-state index >= 15 is 0 Å². The SMILES string of the molecule is Cn1c(=O)c(=O)n(C)c2cc(S(=O)(=O)CCC(=O)Nc3ccc(Cl)cc3)ccc21. The minimum atomic E-state index is -3.78. The first-order valence-electron chi connectivity index (χ1n) is 8.58. The molecular formula is C19H18ClN3O5S. The molecule has 0 aliphatic rings. The maximum Gasteiger partial charge on any atom is 0.316 e. The van der Waals surface area contributed by atoms with Crippen LogP contribution in [0.5, 0.6) is 0 Å². The first kappa shape index (κ1) is 20.8. The summed E-state index contributed by atoms with van der Waals surface area (Å²) in [7, 11) is -0.933. The van der Waals surface area contributed by atoms with E-state index in [1.54, 1.807) is 24.3 Å². The Morgan fingerprint density at radius 2 is 1.55 bits per heavy atom. The topological polar surface area (TPSA) is 107 Å². The first-order valence-corrected chi connectivity index (χ1v) is 10.6. The van der Waals surface area contributed by atoms with E-state index in [1.807, 2.05) is 0 Å². The minimum Gasteiger partial charge on any atom is -0.326 e. The monoisotopic (exact) mass is 435 g/mol. The second-order valence-electron chi connectivity index (χ2n) is 6.50. The second-order valence-corrected chi connectivity index (χ2v) is 9.05. The number of fused-ring (bicyclic) bond motifs is 1. The summed E-state index contributed by atoms with van der Waals surface area (Å²) in [5, 5.41) is 3.13. The predicted octanol–water partition coefficient (Wildman–Crippen LogP) is 1.69. The van der Waals surface area contributed by atoms with Crippen LogP contribution in [0, 0.1) is 0 Å². The highest BCUT2D eigenvalue weighted by molar-refractivity contribution is 7.91. The van der Waals surface area contributed by atoms with Crippen molar-refractivity contribution in [2.24, 2.45) is 14.1 Å². The summed E-state index contributed by atoms with van der Waals surface area (Å²) < 4.78 is 27.6. The molecule has 0 saturated carbocycles. The number of nitrogens with one attached hydrogen (secondary N) is 1. The quantitative estimate of drug-likeness (QED) is 0.614. The summed E-state index contributed by atoms with van der Waals surface area (Å²) in [5.74, 6) is -0.857. The van der Waals surface area contributed by atoms with Gasteiger partial charge in [0.25, 0.3) is 0 Å². The van der Waals surface area contributed by atoms with Crippen LogP contribution in [-0.2, 0) is 28.7 Å². The molecule has 0 unspecified atom stereocenters. The Labute approximate surface area is 171 Å². The Kier molecular flexibility index (Phi) is 5.63. The van der Waals surface area contributed by atoms with Gasteiger partial charge in [-0.2, -0.15) is 0 Å². The Hall–Kier alpha value is -2.91. The standard InChI is InChI=1S/C19H18ClN3O5S/c1-22-15-8-7-14(11-16(15)23(2)19(26)18(22)25)29(27,28)10-9-17(24)21-13-5-3-12(20)4-6-13/h3-8,11H,9-10H2,1-2H3,(H,21,24). The van der Waals surface area contributed by atoms with Crippen LogP contribution in [0.4, 0.5) is 5.69 Å². The number of hydrogen-bond donors (Lipinski definition) is 1. The van der Waals surface area contributed by atoms with Crippen molar-refractivity contribution < 1.29 is 13.2 Å². The van der Waals surface area contributed by atoms with Gasteiger partial charge in [0.15, 0.2) is 9.84 Å². The third kappa shape index (κ3) is 4.25. The minimum absolute atomic E-state index is 0.0297. The molecule has 10 heteroatoms. The highest BCUT2D eigenvalue weighted by Gasteiger charge is 2.19. The molecule has 0 bridgehead atoms. The van der Waals surface area contributed by atoms with E-state index in [4.69, 9.17) is 11.6 Å². The molecule has 152 valence electrons. The summed E-state index contributed by atoms with van der Waals surface area (Å²) in [6.45, 7) is 0. The molecule has 3 aromatic rings. The Morgan fingerprint density at radius 1 is 0.966 bits per heavy atom. The highest BCUT2D eigenvalue weighted by Crippen LogP contribution is 2.19. The Morgan fingerprint density at radius 3 is 2.17 bits per heavy atom. The van der Waals surface area contributed by atoms with Crippen LogP contribution in [0.1, 0.15) is 6.42 Å². The lowest BCUT2D eigenvalue weighted by atomic mass is 10.3. The van der Waals surface area contributed by atoms with Crippen molar-refractivity contribution in [3.63, 3.8) is 0 Å². The van der Waals surface area contributed by atoms with Crippen molar-refractivity contribution in [3.8, 4) is 0 Å². The molecule has 2 aromatic carbocycles. The molecule has 8 nitrogen and oxygen atoms in total. The van der Waals surface area contributed by atoms with Crippen LogP contribution in [0.2, 0.25) is 5.02 Å². The van der Waals surface area contributed by atoms with Crippen LogP contribution in [-0.4, -0.2) is 29.2 Å². The van der Waals surface area contributed by atoms with E-state index in [1.165, 1.54) is 36.9 Å². The van der Waals surface area contributed by atoms with Gasteiger partial charge in [-0.05, 0) is 42.5 Å². The van der Waals surface area contributed by atoms with Crippen LogP contribution >= 0.6 is 11.6 Å². The molecule has 0 saturated heterocycles. The van der Waals surface area contributed by atoms with Gasteiger partial charge in [0.1, 0.15) is 0 Å². The van der Waals surface area contributed by atoms with E-state index in [-0.39, 0.29) is 11.3 Å². The number of aryl methyl sites for hydroxylation is 2. The average Bonchev–Trinajstić information content (AvgIpc) is 2.70. The van der Waals surface area contributed by atoms with Gasteiger partial charge < -0.3 is 14.5 Å². The summed E-state index contributed by atoms with van der Waals surface area (Å²) >= 11 is 5.79. The van der Waals surface area contributed by atoms with Gasteiger partial charge in [0.2, 0.25) is 5.91 Å². The fraction of sp³-hybridized carbons (Fsp3) is 0.211. The largest absolute Gasteiger partial charge is 0.326 e. The molecule has 0 aliphatic heterocycles. The molecule has 0 atom stereocenters. The fourth-order valence-corrected chi connectivity index (χ4v) is 4.24. The maximum atomic E-state index is 12.7. The van der Waals surface area contributed by atoms with Gasteiger partial charge in [-0.3, -0.25) is 14.4 Å². The van der Waals surface area contributed by atoms with Crippen LogP contribution in [0.25, 0.3) is 11.0 Å². The molecule has 0 aliphatic carbocycles. The number of nitrogens with zero attached hydrogens (tertiary/aromatic N) is 2. The van der Waals surface area contributed by atoms with Crippen molar-refractivity contribution in [1.29, 1.82) is 0 Å². The molecule has 1 amide bonds. The van der Waals surface area contributed by atoms with Crippen LogP contribution < -0.4 is 16.4 Å². The number of halogens is 1. The Balaban J connectivity index is 1.83. The van der Waals surface area contributed by atoms with Crippen molar-refractivity contribution in [1.82, 2.24) is 9.13 Å². The normalized spacial score (nSPS) is 11.6. The number of aromatic nitrogens is 2. The van der Waals surface area contributed by atoms with E-state index in [2.05, 4.69) is 5.32 Å². The van der Waals surface area contributed by atoms with Crippen molar-refractivity contribution in [2.75, 3.05) is 11.1 Å². The van der Waals surface area contributed by atoms with Gasteiger partial charge in [0.05, 0.1) is 21.7 Å². The summed E-state index contributed by atoms with van der Waals surface area (Å²) in [6, 6.07) is 10.6. The lowest BCUT2D eigenvalue weighted by molar-refractivity contribution is -0.115. The molecular weight excluding hydrogens is 418 g/mol. The van der Waals surface area contributed by atoms with Gasteiger partial charge in [-0.15, -0.1) is 0 Å². The third-order valence-corrected chi connectivity index (χ3v) is 6.51. The van der Waals surface area contributed by atoms with Crippen LogP contribution in [0.3, 0.4) is 0 Å². The molecule has 1 aromatic heterocycles. The van der Waals surface area contributed by atoms with Crippen molar-refractivity contribution in [2.45, 2.75) is 11.3 Å². The average molecular weight is 436 g/mol. The number of rotatable bonds is 5. The van der Waals surface area contributed by atoms with E-state index in [0.717, 1.165) is 4.57 Å². The number of benzene rings is 2. The van der Waals surface area contributed by atoms with Crippen LogP contribution in [0.15, 0.2) is 56.9 Å². The summed E-state index contributed by atoms with van der Waals surface area (Å²) in [6.07, 6.45) is -0.241. The molecule has 3 rings (SSSR count). The summed E-state index contributed by atoms with van der Waals surface area (Å²) in [4.78, 5) is 35.9. The molecule has 0 radical (unpaired) electrons. The number of hydrogen-bond acceptors (Lipinski definition) is 5. The molecule has 1 N–H and O–H groups in total.